The molecule has 1 aromatic heterocycles. The number of esters is 1. The van der Waals surface area contributed by atoms with Gasteiger partial charge in [0.25, 0.3) is 0 Å². The first-order valence-corrected chi connectivity index (χ1v) is 6.60. The van der Waals surface area contributed by atoms with E-state index < -0.39 is 5.60 Å². The highest BCUT2D eigenvalue weighted by atomic mass is 32.2. The third-order valence-electron chi connectivity index (χ3n) is 1.76. The van der Waals surface area contributed by atoms with Gasteiger partial charge in [-0.3, -0.25) is 9.48 Å². The summed E-state index contributed by atoms with van der Waals surface area (Å²) in [4.78, 5) is 11.4. The Morgan fingerprint density at radius 1 is 1.59 bits per heavy atom. The number of hydrogen-bond acceptors (Lipinski definition) is 5. The summed E-state index contributed by atoms with van der Waals surface area (Å²) < 4.78 is 6.95. The Morgan fingerprint density at radius 2 is 2.29 bits per heavy atom. The van der Waals surface area contributed by atoms with E-state index in [1.165, 1.54) is 11.8 Å². The fourth-order valence-corrected chi connectivity index (χ4v) is 1.87. The van der Waals surface area contributed by atoms with E-state index in [0.717, 1.165) is 12.3 Å². The van der Waals surface area contributed by atoms with E-state index >= 15 is 0 Å². The van der Waals surface area contributed by atoms with Gasteiger partial charge in [-0.1, -0.05) is 0 Å². The van der Waals surface area contributed by atoms with Crippen LogP contribution in [0.3, 0.4) is 0 Å². The summed E-state index contributed by atoms with van der Waals surface area (Å²) in [5.41, 5.74) is 5.78. The number of aromatic nitrogens is 2. The number of rotatable bonds is 5. The van der Waals surface area contributed by atoms with Crippen molar-refractivity contribution in [3.63, 3.8) is 0 Å². The Balaban J connectivity index is 2.14. The van der Waals surface area contributed by atoms with Crippen LogP contribution in [-0.4, -0.2) is 32.9 Å². The monoisotopic (exact) mass is 257 g/mol. The van der Waals surface area contributed by atoms with Gasteiger partial charge in [0.05, 0.1) is 24.2 Å². The second-order valence-electron chi connectivity index (χ2n) is 4.68. The SMILES string of the molecule is CC(C)(C)OC(=O)CSCCn1cc(N)cn1. The van der Waals surface area contributed by atoms with Gasteiger partial charge in [0, 0.05) is 11.9 Å². The molecule has 0 aliphatic rings. The molecule has 0 amide bonds. The molecule has 0 radical (unpaired) electrons. The molecule has 0 unspecified atom stereocenters. The van der Waals surface area contributed by atoms with E-state index in [0.29, 0.717) is 11.4 Å². The average molecular weight is 257 g/mol. The summed E-state index contributed by atoms with van der Waals surface area (Å²) in [7, 11) is 0. The number of nitrogen functional groups attached to an aromatic ring is 1. The fourth-order valence-electron chi connectivity index (χ4n) is 1.19. The predicted molar refractivity (Wildman–Crippen MR) is 69.8 cm³/mol. The molecule has 2 N–H and O–H groups in total. The van der Waals surface area contributed by atoms with Gasteiger partial charge in [-0.15, -0.1) is 11.8 Å². The minimum atomic E-state index is -0.409. The van der Waals surface area contributed by atoms with E-state index in [-0.39, 0.29) is 5.97 Å². The molecule has 0 spiro atoms. The Labute approximate surface area is 106 Å². The largest absolute Gasteiger partial charge is 0.459 e. The van der Waals surface area contributed by atoms with Crippen LogP contribution in [-0.2, 0) is 16.1 Å². The third-order valence-corrected chi connectivity index (χ3v) is 2.67. The molecule has 96 valence electrons. The maximum Gasteiger partial charge on any atom is 0.316 e. The molecular weight excluding hydrogens is 238 g/mol. The molecule has 0 aliphatic heterocycles. The lowest BCUT2D eigenvalue weighted by molar-refractivity contribution is -0.151. The van der Waals surface area contributed by atoms with Crippen LogP contribution < -0.4 is 5.73 Å². The summed E-state index contributed by atoms with van der Waals surface area (Å²) in [5, 5.41) is 4.05. The van der Waals surface area contributed by atoms with Gasteiger partial charge < -0.3 is 10.5 Å². The van der Waals surface area contributed by atoms with Gasteiger partial charge in [-0.05, 0) is 20.8 Å². The number of ether oxygens (including phenoxy) is 1. The van der Waals surface area contributed by atoms with Crippen molar-refractivity contribution in [3.05, 3.63) is 12.4 Å². The van der Waals surface area contributed by atoms with E-state index in [2.05, 4.69) is 5.10 Å². The minimum absolute atomic E-state index is 0.178. The van der Waals surface area contributed by atoms with Crippen LogP contribution in [0.1, 0.15) is 20.8 Å². The second kappa shape index (κ2) is 5.95. The maximum atomic E-state index is 11.4. The number of nitrogens with zero attached hydrogens (tertiary/aromatic N) is 2. The lowest BCUT2D eigenvalue weighted by Gasteiger charge is -2.19. The number of thioether (sulfide) groups is 1. The van der Waals surface area contributed by atoms with Crippen LogP contribution in [0.5, 0.6) is 0 Å². The normalized spacial score (nSPS) is 11.5. The highest BCUT2D eigenvalue weighted by Crippen LogP contribution is 2.10. The molecule has 1 heterocycles. The quantitative estimate of drug-likeness (QED) is 0.640. The highest BCUT2D eigenvalue weighted by Gasteiger charge is 2.15. The molecule has 1 aromatic rings. The van der Waals surface area contributed by atoms with Crippen molar-refractivity contribution in [1.82, 2.24) is 9.78 Å². The number of aryl methyl sites for hydroxylation is 1. The van der Waals surface area contributed by atoms with Crippen molar-refractivity contribution < 1.29 is 9.53 Å². The van der Waals surface area contributed by atoms with Gasteiger partial charge in [0.1, 0.15) is 5.60 Å². The molecule has 1 rings (SSSR count). The third kappa shape index (κ3) is 6.21. The van der Waals surface area contributed by atoms with Gasteiger partial charge in [-0.25, -0.2) is 0 Å². The van der Waals surface area contributed by atoms with Crippen molar-refractivity contribution >= 4 is 23.4 Å². The van der Waals surface area contributed by atoms with E-state index in [4.69, 9.17) is 10.5 Å². The van der Waals surface area contributed by atoms with Gasteiger partial charge in [0.15, 0.2) is 0 Å². The van der Waals surface area contributed by atoms with Crippen LogP contribution in [0.2, 0.25) is 0 Å². The number of carbonyl (C=O) groups excluding carboxylic acids is 1. The molecule has 6 heteroatoms. The molecule has 0 bridgehead atoms. The lowest BCUT2D eigenvalue weighted by atomic mass is 10.2. The van der Waals surface area contributed by atoms with Crippen molar-refractivity contribution in [2.75, 3.05) is 17.2 Å². The number of nitrogens with two attached hydrogens (primary N) is 1. The molecule has 0 saturated heterocycles. The predicted octanol–water partition coefficient (Wildman–Crippen LogP) is 1.54. The number of hydrogen-bond donors (Lipinski definition) is 1. The Hall–Kier alpha value is -1.17. The van der Waals surface area contributed by atoms with Crippen molar-refractivity contribution in [3.8, 4) is 0 Å². The van der Waals surface area contributed by atoms with E-state index in [1.54, 1.807) is 17.1 Å². The van der Waals surface area contributed by atoms with Crippen molar-refractivity contribution in [1.29, 1.82) is 0 Å². The zero-order valence-electron chi connectivity index (χ0n) is 10.5. The van der Waals surface area contributed by atoms with Crippen LogP contribution in [0.25, 0.3) is 0 Å². The summed E-state index contributed by atoms with van der Waals surface area (Å²) >= 11 is 1.53. The van der Waals surface area contributed by atoms with E-state index in [1.807, 2.05) is 20.8 Å². The van der Waals surface area contributed by atoms with Gasteiger partial charge in [0.2, 0.25) is 0 Å². The molecule has 0 fully saturated rings. The lowest BCUT2D eigenvalue weighted by Crippen LogP contribution is -2.25. The Kier molecular flexibility index (Phi) is 4.86. The standard InChI is InChI=1S/C11H19N3O2S/c1-11(2,3)16-10(15)8-17-5-4-14-7-9(12)6-13-14/h6-7H,4-5,8,12H2,1-3H3. The smallest absolute Gasteiger partial charge is 0.316 e. The van der Waals surface area contributed by atoms with E-state index in [9.17, 15) is 4.79 Å². The Morgan fingerprint density at radius 3 is 2.82 bits per heavy atom. The first kappa shape index (κ1) is 13.9. The summed E-state index contributed by atoms with van der Waals surface area (Å²) in [6.07, 6.45) is 3.38. The first-order chi connectivity index (χ1) is 7.87. The highest BCUT2D eigenvalue weighted by molar-refractivity contribution is 7.99. The molecule has 0 aliphatic carbocycles. The second-order valence-corrected chi connectivity index (χ2v) is 5.78. The first-order valence-electron chi connectivity index (χ1n) is 5.44. The van der Waals surface area contributed by atoms with Crippen LogP contribution >= 0.6 is 11.8 Å². The number of anilines is 1. The summed E-state index contributed by atoms with van der Waals surface area (Å²) in [6.45, 7) is 6.33. The molecule has 0 atom stereocenters. The van der Waals surface area contributed by atoms with Crippen LogP contribution in [0.15, 0.2) is 12.4 Å². The fraction of sp³-hybridized carbons (Fsp3) is 0.636. The van der Waals surface area contributed by atoms with Crippen LogP contribution in [0, 0.1) is 0 Å². The average Bonchev–Trinajstić information content (AvgIpc) is 2.56. The van der Waals surface area contributed by atoms with Crippen molar-refractivity contribution in [2.24, 2.45) is 0 Å². The summed E-state index contributed by atoms with van der Waals surface area (Å²) in [6, 6.07) is 0. The Bertz CT molecular complexity index is 371. The molecule has 17 heavy (non-hydrogen) atoms. The minimum Gasteiger partial charge on any atom is -0.459 e. The topological polar surface area (TPSA) is 70.1 Å². The van der Waals surface area contributed by atoms with Crippen molar-refractivity contribution in [2.45, 2.75) is 32.9 Å². The molecule has 0 aromatic carbocycles. The zero-order chi connectivity index (χ0) is 12.9. The van der Waals surface area contributed by atoms with Crippen LogP contribution in [0.4, 0.5) is 5.69 Å². The zero-order valence-corrected chi connectivity index (χ0v) is 11.3. The summed E-state index contributed by atoms with van der Waals surface area (Å²) in [5.74, 6) is 0.997. The van der Waals surface area contributed by atoms with Gasteiger partial charge >= 0.3 is 5.97 Å². The molecule has 0 saturated carbocycles. The molecular formula is C11H19N3O2S. The van der Waals surface area contributed by atoms with Gasteiger partial charge in [-0.2, -0.15) is 5.10 Å². The molecule has 5 nitrogen and oxygen atoms in total. The maximum absolute atomic E-state index is 11.4. The number of carbonyl (C=O) groups is 1.